The van der Waals surface area contributed by atoms with Gasteiger partial charge in [-0.25, -0.2) is 0 Å². The molecular weight excluding hydrogens is 457 g/mol. The number of quaternary nitrogens is 1. The number of hydrogen-bond acceptors (Lipinski definition) is 2. The monoisotopic (exact) mass is 516 g/mol. The van der Waals surface area contributed by atoms with Crippen molar-refractivity contribution < 1.29 is 23.9 Å². The van der Waals surface area contributed by atoms with Crippen LogP contribution in [0.2, 0.25) is 0 Å². The van der Waals surface area contributed by atoms with Gasteiger partial charge in [-0.2, -0.15) is 0 Å². The van der Waals surface area contributed by atoms with Gasteiger partial charge in [-0.1, -0.05) is 102 Å². The lowest BCUT2D eigenvalue weighted by Gasteiger charge is -2.35. The number of likely N-dealkylation sites (N-methyl/N-ethyl adjacent to an activating group) is 1. The van der Waals surface area contributed by atoms with Crippen molar-refractivity contribution in [1.29, 1.82) is 0 Å². The summed E-state index contributed by atoms with van der Waals surface area (Å²) in [5.41, 5.74) is 0. The molecule has 1 atom stereocenters. The van der Waals surface area contributed by atoms with E-state index in [4.69, 9.17) is 0 Å². The summed E-state index contributed by atoms with van der Waals surface area (Å²) in [5, 5.41) is 8.62. The van der Waals surface area contributed by atoms with Crippen molar-refractivity contribution in [3.63, 3.8) is 0 Å². The Balaban J connectivity index is 3.62. The summed E-state index contributed by atoms with van der Waals surface area (Å²) in [6.07, 6.45) is 31.4. The first-order valence-electron chi connectivity index (χ1n) is 14.4. The summed E-state index contributed by atoms with van der Waals surface area (Å²) in [7, 11) is 0.936. The molecule has 0 fully saturated rings. The van der Waals surface area contributed by atoms with Crippen LogP contribution in [0.5, 0.6) is 0 Å². The molecule has 0 saturated heterocycles. The van der Waals surface area contributed by atoms with E-state index < -0.39 is 12.9 Å². The van der Waals surface area contributed by atoms with Gasteiger partial charge in [0.1, 0.15) is 6.54 Å². The Hall–Kier alpha value is -0.450. The van der Waals surface area contributed by atoms with Crippen LogP contribution in [-0.4, -0.2) is 52.4 Å². The molecule has 0 aliphatic heterocycles. The molecule has 5 nitrogen and oxygen atoms in total. The molecule has 0 rings (SSSR count). The quantitative estimate of drug-likeness (QED) is 0.0524. The standard InChI is InChI=1S/C29H58NO4P/c1-5-6-7-8-9-10-11-12-13-14-15-16-17-18-19-20-21-22-23-24-25-26-27-29(31,35(32,33)34)28-30(2,3)4/h17-18,21-22,31H,5-16,19-20,23-28H2,1-4H3,(H-,32,33,34)/p+1/b18-17-,22-21-. The minimum absolute atomic E-state index is 0.0456. The smallest absolute Gasteiger partial charge is 0.362 e. The Bertz CT molecular complexity index is 594. The van der Waals surface area contributed by atoms with Crippen LogP contribution >= 0.6 is 7.60 Å². The molecular formula is C29H59NO4P+. The van der Waals surface area contributed by atoms with E-state index in [1.165, 1.54) is 77.0 Å². The number of nitrogens with zero attached hydrogens (tertiary/aromatic N) is 1. The first-order chi connectivity index (χ1) is 16.5. The van der Waals surface area contributed by atoms with Gasteiger partial charge in [0.2, 0.25) is 5.34 Å². The maximum Gasteiger partial charge on any atom is 0.362 e. The van der Waals surface area contributed by atoms with Crippen molar-refractivity contribution in [3.8, 4) is 0 Å². The Morgan fingerprint density at radius 3 is 1.40 bits per heavy atom. The SMILES string of the molecule is CCCCCCCCCCCCC/C=C\CC/C=C\CCCCCC(O)(C[N+](C)(C)C)P(=O)(O)O. The number of aliphatic hydroxyl groups is 1. The van der Waals surface area contributed by atoms with Crippen LogP contribution in [0.4, 0.5) is 0 Å². The van der Waals surface area contributed by atoms with Gasteiger partial charge in [-0.15, -0.1) is 0 Å². The highest BCUT2D eigenvalue weighted by Crippen LogP contribution is 2.52. The fraction of sp³-hybridized carbons (Fsp3) is 0.862. The molecule has 0 spiro atoms. The molecule has 1 unspecified atom stereocenters. The Morgan fingerprint density at radius 1 is 0.629 bits per heavy atom. The molecule has 208 valence electrons. The van der Waals surface area contributed by atoms with Crippen molar-refractivity contribution in [2.75, 3.05) is 27.7 Å². The van der Waals surface area contributed by atoms with E-state index in [-0.39, 0.29) is 13.0 Å². The summed E-state index contributed by atoms with van der Waals surface area (Å²) in [5.74, 6) is 0. The fourth-order valence-electron chi connectivity index (χ4n) is 4.51. The van der Waals surface area contributed by atoms with Crippen LogP contribution < -0.4 is 0 Å². The molecule has 0 aromatic carbocycles. The van der Waals surface area contributed by atoms with Gasteiger partial charge >= 0.3 is 7.60 Å². The largest absolute Gasteiger partial charge is 0.373 e. The van der Waals surface area contributed by atoms with E-state index >= 15 is 0 Å². The zero-order valence-electron chi connectivity index (χ0n) is 23.6. The first-order valence-corrected chi connectivity index (χ1v) is 16.0. The molecule has 0 aromatic rings. The van der Waals surface area contributed by atoms with E-state index in [1.54, 1.807) is 0 Å². The molecule has 0 heterocycles. The molecule has 35 heavy (non-hydrogen) atoms. The molecule has 0 radical (unpaired) electrons. The topological polar surface area (TPSA) is 77.8 Å². The molecule has 6 heteroatoms. The third kappa shape index (κ3) is 21.4. The van der Waals surface area contributed by atoms with Crippen molar-refractivity contribution >= 4 is 7.60 Å². The average molecular weight is 517 g/mol. The highest BCUT2D eigenvalue weighted by atomic mass is 31.2. The average Bonchev–Trinajstić information content (AvgIpc) is 2.75. The second-order valence-electron chi connectivity index (χ2n) is 11.4. The summed E-state index contributed by atoms with van der Waals surface area (Å²) >= 11 is 0. The van der Waals surface area contributed by atoms with Crippen LogP contribution in [0.25, 0.3) is 0 Å². The lowest BCUT2D eigenvalue weighted by atomic mass is 10.1. The Labute approximate surface area is 217 Å². The van der Waals surface area contributed by atoms with Crippen LogP contribution in [0.15, 0.2) is 24.3 Å². The molecule has 3 N–H and O–H groups in total. The zero-order valence-corrected chi connectivity index (χ0v) is 24.5. The molecule has 0 aliphatic rings. The first kappa shape index (κ1) is 34.6. The normalized spacial score (nSPS) is 14.8. The molecule has 0 aromatic heterocycles. The molecule has 0 aliphatic carbocycles. The van der Waals surface area contributed by atoms with Gasteiger partial charge in [0.25, 0.3) is 0 Å². The van der Waals surface area contributed by atoms with Crippen molar-refractivity contribution in [1.82, 2.24) is 0 Å². The third-order valence-electron chi connectivity index (χ3n) is 6.53. The van der Waals surface area contributed by atoms with Gasteiger partial charge in [0, 0.05) is 0 Å². The van der Waals surface area contributed by atoms with Crippen LogP contribution in [0.1, 0.15) is 129 Å². The second kappa shape index (κ2) is 20.6. The van der Waals surface area contributed by atoms with Gasteiger partial charge in [0.15, 0.2) is 0 Å². The zero-order chi connectivity index (χ0) is 26.5. The third-order valence-corrected chi connectivity index (χ3v) is 7.97. The van der Waals surface area contributed by atoms with Crippen molar-refractivity contribution in [2.24, 2.45) is 0 Å². The highest BCUT2D eigenvalue weighted by Gasteiger charge is 2.48. The minimum atomic E-state index is -4.56. The lowest BCUT2D eigenvalue weighted by Crippen LogP contribution is -2.49. The Morgan fingerprint density at radius 2 is 1.00 bits per heavy atom. The Kier molecular flexibility index (Phi) is 20.3. The summed E-state index contributed by atoms with van der Waals surface area (Å²) in [6.45, 7) is 2.32. The number of unbranched alkanes of at least 4 members (excludes halogenated alkanes) is 15. The van der Waals surface area contributed by atoms with E-state index in [1.807, 2.05) is 21.1 Å². The second-order valence-corrected chi connectivity index (χ2v) is 13.3. The molecule has 0 amide bonds. The summed E-state index contributed by atoms with van der Waals surface area (Å²) in [6, 6.07) is 0. The summed E-state index contributed by atoms with van der Waals surface area (Å²) < 4.78 is 12.1. The van der Waals surface area contributed by atoms with Crippen LogP contribution in [0, 0.1) is 0 Å². The maximum atomic E-state index is 11.8. The van der Waals surface area contributed by atoms with Gasteiger partial charge in [-0.3, -0.25) is 4.57 Å². The molecule has 0 bridgehead atoms. The fourth-order valence-corrected chi connectivity index (χ4v) is 5.57. The van der Waals surface area contributed by atoms with Crippen LogP contribution in [-0.2, 0) is 4.57 Å². The predicted octanol–water partition coefficient (Wildman–Crippen LogP) is 8.10. The van der Waals surface area contributed by atoms with Gasteiger partial charge in [0.05, 0.1) is 21.1 Å². The van der Waals surface area contributed by atoms with E-state index in [2.05, 4.69) is 31.2 Å². The lowest BCUT2D eigenvalue weighted by molar-refractivity contribution is -0.875. The minimum Gasteiger partial charge on any atom is -0.373 e. The number of rotatable bonds is 24. The number of hydrogen-bond donors (Lipinski definition) is 3. The maximum absolute atomic E-state index is 11.8. The van der Waals surface area contributed by atoms with Gasteiger partial charge in [-0.05, 0) is 51.4 Å². The van der Waals surface area contributed by atoms with E-state index in [0.717, 1.165) is 32.1 Å². The molecule has 0 saturated carbocycles. The van der Waals surface area contributed by atoms with Crippen molar-refractivity contribution in [2.45, 2.75) is 134 Å². The van der Waals surface area contributed by atoms with E-state index in [9.17, 15) is 19.5 Å². The van der Waals surface area contributed by atoms with E-state index in [0.29, 0.717) is 10.9 Å². The van der Waals surface area contributed by atoms with Crippen LogP contribution in [0.3, 0.4) is 0 Å². The highest BCUT2D eigenvalue weighted by molar-refractivity contribution is 7.53. The summed E-state index contributed by atoms with van der Waals surface area (Å²) in [4.78, 5) is 19.2. The van der Waals surface area contributed by atoms with Gasteiger partial charge < -0.3 is 19.4 Å². The van der Waals surface area contributed by atoms with Crippen molar-refractivity contribution in [3.05, 3.63) is 24.3 Å². The number of allylic oxidation sites excluding steroid dienone is 4. The predicted molar refractivity (Wildman–Crippen MR) is 152 cm³/mol.